The highest BCUT2D eigenvalue weighted by molar-refractivity contribution is 5.82. The molecule has 0 fully saturated rings. The summed E-state index contributed by atoms with van der Waals surface area (Å²) in [5.74, 6) is -2.27. The second-order valence-electron chi connectivity index (χ2n) is 4.76. The lowest BCUT2D eigenvalue weighted by molar-refractivity contribution is -0.386. The van der Waals surface area contributed by atoms with Gasteiger partial charge in [-0.05, 0) is 26.8 Å². The number of esters is 1. The van der Waals surface area contributed by atoms with Crippen LogP contribution in [-0.2, 0) is 9.53 Å². The minimum Gasteiger partial charge on any atom is -0.459 e. The number of nitriles is 1. The molecule has 0 radical (unpaired) electrons. The van der Waals surface area contributed by atoms with E-state index in [1.165, 1.54) is 18.3 Å². The third-order valence-corrected chi connectivity index (χ3v) is 2.06. The molecular formula is C12H13N3O4. The summed E-state index contributed by atoms with van der Waals surface area (Å²) in [4.78, 5) is 25.8. The van der Waals surface area contributed by atoms with Crippen molar-refractivity contribution in [3.63, 3.8) is 0 Å². The van der Waals surface area contributed by atoms with E-state index in [4.69, 9.17) is 10.00 Å². The first-order chi connectivity index (χ1) is 8.76. The largest absolute Gasteiger partial charge is 0.459 e. The number of hydrogen-bond acceptors (Lipinski definition) is 6. The van der Waals surface area contributed by atoms with Gasteiger partial charge in [0.1, 0.15) is 11.3 Å². The van der Waals surface area contributed by atoms with E-state index >= 15 is 0 Å². The zero-order chi connectivity index (χ0) is 14.6. The fourth-order valence-corrected chi connectivity index (χ4v) is 1.37. The Morgan fingerprint density at radius 3 is 2.68 bits per heavy atom. The average molecular weight is 263 g/mol. The Morgan fingerprint density at radius 2 is 2.21 bits per heavy atom. The number of pyridine rings is 1. The molecule has 0 bridgehead atoms. The molecule has 1 aromatic rings. The van der Waals surface area contributed by atoms with Crippen molar-refractivity contribution in [1.82, 2.24) is 4.98 Å². The number of ether oxygens (including phenoxy) is 1. The zero-order valence-corrected chi connectivity index (χ0v) is 10.8. The maximum absolute atomic E-state index is 11.9. The summed E-state index contributed by atoms with van der Waals surface area (Å²) >= 11 is 0. The van der Waals surface area contributed by atoms with Gasteiger partial charge in [-0.3, -0.25) is 19.9 Å². The first-order valence-corrected chi connectivity index (χ1v) is 5.48. The van der Waals surface area contributed by atoms with Crippen LogP contribution in [0.5, 0.6) is 0 Å². The van der Waals surface area contributed by atoms with Crippen molar-refractivity contribution in [2.45, 2.75) is 32.3 Å². The smallest absolute Gasteiger partial charge is 0.330 e. The Kier molecular flexibility index (Phi) is 4.17. The van der Waals surface area contributed by atoms with E-state index in [0.717, 1.165) is 0 Å². The van der Waals surface area contributed by atoms with Gasteiger partial charge < -0.3 is 4.74 Å². The van der Waals surface area contributed by atoms with Crippen molar-refractivity contribution >= 4 is 11.7 Å². The van der Waals surface area contributed by atoms with E-state index in [9.17, 15) is 14.9 Å². The van der Waals surface area contributed by atoms with E-state index in [1.807, 2.05) is 0 Å². The van der Waals surface area contributed by atoms with Gasteiger partial charge in [-0.25, -0.2) is 0 Å². The van der Waals surface area contributed by atoms with E-state index in [2.05, 4.69) is 4.98 Å². The number of carbonyl (C=O) groups is 1. The number of carbonyl (C=O) groups excluding carboxylic acids is 1. The Balaban J connectivity index is 3.15. The van der Waals surface area contributed by atoms with E-state index < -0.39 is 22.4 Å². The van der Waals surface area contributed by atoms with Gasteiger partial charge in [0.25, 0.3) is 5.69 Å². The first kappa shape index (κ1) is 14.6. The fraction of sp³-hybridized carbons (Fsp3) is 0.417. The number of nitro groups is 1. The Hall–Kier alpha value is -2.49. The molecule has 0 aliphatic carbocycles. The number of nitrogens with zero attached hydrogens (tertiary/aromatic N) is 3. The van der Waals surface area contributed by atoms with Gasteiger partial charge >= 0.3 is 5.97 Å². The Morgan fingerprint density at radius 1 is 1.58 bits per heavy atom. The summed E-state index contributed by atoms with van der Waals surface area (Å²) < 4.78 is 5.06. The standard InChI is InChI=1S/C12H13N3O4/c1-12(2,3)19-11(16)8(7-13)10-9(15(17)18)5-4-6-14-10/h4-6,8H,1-3H3/t8-/m0/s1. The van der Waals surface area contributed by atoms with Crippen LogP contribution in [0.1, 0.15) is 32.4 Å². The monoisotopic (exact) mass is 263 g/mol. The summed E-state index contributed by atoms with van der Waals surface area (Å²) in [5, 5.41) is 19.9. The van der Waals surface area contributed by atoms with Crippen molar-refractivity contribution in [1.29, 1.82) is 5.26 Å². The van der Waals surface area contributed by atoms with Crippen LogP contribution < -0.4 is 0 Å². The predicted octanol–water partition coefficient (Wildman–Crippen LogP) is 1.94. The highest BCUT2D eigenvalue weighted by Gasteiger charge is 2.32. The summed E-state index contributed by atoms with van der Waals surface area (Å²) in [6, 6.07) is 4.25. The molecule has 0 aliphatic heterocycles. The van der Waals surface area contributed by atoms with Crippen LogP contribution in [-0.4, -0.2) is 21.5 Å². The molecule has 0 unspecified atom stereocenters. The summed E-state index contributed by atoms with van der Waals surface area (Å²) in [6.45, 7) is 4.94. The summed E-state index contributed by atoms with van der Waals surface area (Å²) in [7, 11) is 0. The molecule has 19 heavy (non-hydrogen) atoms. The number of rotatable bonds is 3. The van der Waals surface area contributed by atoms with Crippen LogP contribution in [0.4, 0.5) is 5.69 Å². The molecule has 1 atom stereocenters. The van der Waals surface area contributed by atoms with Crippen molar-refractivity contribution in [3.8, 4) is 6.07 Å². The third-order valence-electron chi connectivity index (χ3n) is 2.06. The van der Waals surface area contributed by atoms with Crippen LogP contribution in [0.15, 0.2) is 18.3 Å². The van der Waals surface area contributed by atoms with Crippen molar-refractivity contribution in [2.75, 3.05) is 0 Å². The van der Waals surface area contributed by atoms with Gasteiger partial charge in [0, 0.05) is 12.3 Å². The van der Waals surface area contributed by atoms with Gasteiger partial charge in [-0.1, -0.05) is 0 Å². The highest BCUT2D eigenvalue weighted by Crippen LogP contribution is 2.26. The fourth-order valence-electron chi connectivity index (χ4n) is 1.37. The van der Waals surface area contributed by atoms with Crippen LogP contribution in [0.25, 0.3) is 0 Å². The predicted molar refractivity (Wildman–Crippen MR) is 65.1 cm³/mol. The lowest BCUT2D eigenvalue weighted by atomic mass is 10.0. The molecule has 0 aromatic carbocycles. The molecular weight excluding hydrogens is 250 g/mol. The maximum Gasteiger partial charge on any atom is 0.330 e. The van der Waals surface area contributed by atoms with Crippen molar-refractivity contribution < 1.29 is 14.5 Å². The van der Waals surface area contributed by atoms with Gasteiger partial charge in [0.2, 0.25) is 0 Å². The molecule has 1 rings (SSSR count). The number of aromatic nitrogens is 1. The van der Waals surface area contributed by atoms with Crippen molar-refractivity contribution in [2.24, 2.45) is 0 Å². The quantitative estimate of drug-likeness (QED) is 0.468. The molecule has 0 amide bonds. The molecule has 1 heterocycles. The molecule has 100 valence electrons. The van der Waals surface area contributed by atoms with E-state index in [0.29, 0.717) is 0 Å². The zero-order valence-electron chi connectivity index (χ0n) is 10.8. The van der Waals surface area contributed by atoms with Gasteiger partial charge in [-0.2, -0.15) is 5.26 Å². The Labute approximate surface area is 110 Å². The van der Waals surface area contributed by atoms with Gasteiger partial charge in [0.15, 0.2) is 5.92 Å². The third kappa shape index (κ3) is 3.74. The second-order valence-corrected chi connectivity index (χ2v) is 4.76. The molecule has 7 heteroatoms. The van der Waals surface area contributed by atoms with Crippen LogP contribution in [0.2, 0.25) is 0 Å². The lowest BCUT2D eigenvalue weighted by Crippen LogP contribution is -2.28. The summed E-state index contributed by atoms with van der Waals surface area (Å²) in [5.41, 5.74) is -1.36. The SMILES string of the molecule is CC(C)(C)OC(=O)[C@@H](C#N)c1ncccc1[N+](=O)[O-]. The van der Waals surface area contributed by atoms with Crippen LogP contribution in [0, 0.1) is 21.4 Å². The van der Waals surface area contributed by atoms with Gasteiger partial charge in [-0.15, -0.1) is 0 Å². The molecule has 0 aliphatic rings. The molecule has 1 aromatic heterocycles. The van der Waals surface area contributed by atoms with Crippen LogP contribution in [0.3, 0.4) is 0 Å². The van der Waals surface area contributed by atoms with E-state index in [-0.39, 0.29) is 11.4 Å². The van der Waals surface area contributed by atoms with Crippen LogP contribution >= 0.6 is 0 Å². The molecule has 0 saturated heterocycles. The molecule has 0 saturated carbocycles. The van der Waals surface area contributed by atoms with Gasteiger partial charge in [0.05, 0.1) is 11.0 Å². The number of hydrogen-bond donors (Lipinski definition) is 0. The minimum atomic E-state index is -1.42. The lowest BCUT2D eigenvalue weighted by Gasteiger charge is -2.21. The minimum absolute atomic E-state index is 0.204. The topological polar surface area (TPSA) is 106 Å². The second kappa shape index (κ2) is 5.44. The van der Waals surface area contributed by atoms with E-state index in [1.54, 1.807) is 26.8 Å². The molecule has 0 spiro atoms. The Bertz CT molecular complexity index is 543. The first-order valence-electron chi connectivity index (χ1n) is 5.48. The highest BCUT2D eigenvalue weighted by atomic mass is 16.6. The van der Waals surface area contributed by atoms with Crippen molar-refractivity contribution in [3.05, 3.63) is 34.1 Å². The summed E-state index contributed by atoms with van der Waals surface area (Å²) in [6.07, 6.45) is 1.29. The molecule has 0 N–H and O–H groups in total. The average Bonchev–Trinajstić information content (AvgIpc) is 2.28. The molecule has 7 nitrogen and oxygen atoms in total. The normalized spacial score (nSPS) is 12.3. The maximum atomic E-state index is 11.9.